The molecule has 0 radical (unpaired) electrons. The average Bonchev–Trinajstić information content (AvgIpc) is 2.70. The summed E-state index contributed by atoms with van der Waals surface area (Å²) in [5.74, 6) is 1.02. The van der Waals surface area contributed by atoms with Gasteiger partial charge in [0.25, 0.3) is 0 Å². The Morgan fingerprint density at radius 2 is 2.12 bits per heavy atom. The Kier molecular flexibility index (Phi) is 3.68. The summed E-state index contributed by atoms with van der Waals surface area (Å²) in [5.41, 5.74) is 0. The molecule has 0 spiro atoms. The van der Waals surface area contributed by atoms with Gasteiger partial charge in [-0.1, -0.05) is 0 Å². The van der Waals surface area contributed by atoms with E-state index in [-0.39, 0.29) is 12.0 Å². The van der Waals surface area contributed by atoms with Crippen LogP contribution in [0.3, 0.4) is 0 Å². The standard InChI is InChI=1S/C12H14INO2/c1-9(15)14-7-6-12(8-14)16-11-4-2-10(13)3-5-11/h2-5,12H,6-8H2,1H3. The van der Waals surface area contributed by atoms with Gasteiger partial charge in [-0.05, 0) is 46.9 Å². The SMILES string of the molecule is CC(=O)N1CCC(Oc2ccc(I)cc2)C1. The van der Waals surface area contributed by atoms with Crippen molar-refractivity contribution in [3.63, 3.8) is 0 Å². The second-order valence-electron chi connectivity index (χ2n) is 3.95. The maximum atomic E-state index is 11.2. The quantitative estimate of drug-likeness (QED) is 0.779. The van der Waals surface area contributed by atoms with Crippen LogP contribution in [0.4, 0.5) is 0 Å². The zero-order valence-electron chi connectivity index (χ0n) is 9.15. The lowest BCUT2D eigenvalue weighted by Gasteiger charge is -2.15. The Balaban J connectivity index is 1.92. The fraction of sp³-hybridized carbons (Fsp3) is 0.417. The predicted molar refractivity (Wildman–Crippen MR) is 70.4 cm³/mol. The summed E-state index contributed by atoms with van der Waals surface area (Å²) < 4.78 is 7.01. The van der Waals surface area contributed by atoms with Gasteiger partial charge in [0.1, 0.15) is 11.9 Å². The summed E-state index contributed by atoms with van der Waals surface area (Å²) in [5, 5.41) is 0. The molecule has 4 heteroatoms. The third-order valence-electron chi connectivity index (χ3n) is 2.71. The Hall–Kier alpha value is -0.780. The number of ether oxygens (including phenoxy) is 1. The second-order valence-corrected chi connectivity index (χ2v) is 5.19. The number of rotatable bonds is 2. The molecule has 1 atom stereocenters. The smallest absolute Gasteiger partial charge is 0.219 e. The fourth-order valence-corrected chi connectivity index (χ4v) is 2.18. The molecule has 3 nitrogen and oxygen atoms in total. The Bertz CT molecular complexity index is 377. The summed E-state index contributed by atoms with van der Waals surface area (Å²) in [6.07, 6.45) is 1.06. The highest BCUT2D eigenvalue weighted by Crippen LogP contribution is 2.19. The van der Waals surface area contributed by atoms with Crippen LogP contribution in [0.25, 0.3) is 0 Å². The summed E-state index contributed by atoms with van der Waals surface area (Å²) in [4.78, 5) is 13.0. The molecule has 1 aliphatic rings. The first-order chi connectivity index (χ1) is 7.65. The number of nitrogens with zero attached hydrogens (tertiary/aromatic N) is 1. The van der Waals surface area contributed by atoms with Crippen LogP contribution in [-0.4, -0.2) is 30.0 Å². The van der Waals surface area contributed by atoms with Crippen LogP contribution in [-0.2, 0) is 4.79 Å². The van der Waals surface area contributed by atoms with Crippen LogP contribution in [0.15, 0.2) is 24.3 Å². The van der Waals surface area contributed by atoms with Crippen molar-refractivity contribution in [2.75, 3.05) is 13.1 Å². The largest absolute Gasteiger partial charge is 0.489 e. The molecule has 0 N–H and O–H groups in total. The molecule has 1 amide bonds. The molecule has 1 aromatic carbocycles. The molecule has 0 aromatic heterocycles. The van der Waals surface area contributed by atoms with Crippen LogP contribution in [0.1, 0.15) is 13.3 Å². The highest BCUT2D eigenvalue weighted by molar-refractivity contribution is 14.1. The zero-order chi connectivity index (χ0) is 11.5. The molecule has 1 aromatic rings. The van der Waals surface area contributed by atoms with Crippen molar-refractivity contribution in [2.45, 2.75) is 19.4 Å². The van der Waals surface area contributed by atoms with Crippen LogP contribution < -0.4 is 4.74 Å². The molecule has 0 bridgehead atoms. The van der Waals surface area contributed by atoms with Gasteiger partial charge in [0.05, 0.1) is 6.54 Å². The predicted octanol–water partition coefficient (Wildman–Crippen LogP) is 2.29. The molecule has 2 rings (SSSR count). The van der Waals surface area contributed by atoms with Gasteiger partial charge in [-0.3, -0.25) is 4.79 Å². The monoisotopic (exact) mass is 331 g/mol. The topological polar surface area (TPSA) is 29.5 Å². The fourth-order valence-electron chi connectivity index (χ4n) is 1.82. The first-order valence-corrected chi connectivity index (χ1v) is 6.41. The van der Waals surface area contributed by atoms with Gasteiger partial charge in [-0.15, -0.1) is 0 Å². The van der Waals surface area contributed by atoms with Crippen LogP contribution in [0.5, 0.6) is 5.75 Å². The van der Waals surface area contributed by atoms with E-state index in [0.29, 0.717) is 6.54 Å². The number of carbonyl (C=O) groups is 1. The van der Waals surface area contributed by atoms with E-state index in [0.717, 1.165) is 18.7 Å². The first kappa shape index (κ1) is 11.7. The number of hydrogen-bond donors (Lipinski definition) is 0. The van der Waals surface area contributed by atoms with Crippen LogP contribution >= 0.6 is 22.6 Å². The summed E-state index contributed by atoms with van der Waals surface area (Å²) in [6.45, 7) is 3.12. The molecular weight excluding hydrogens is 317 g/mol. The van der Waals surface area contributed by atoms with Gasteiger partial charge in [-0.2, -0.15) is 0 Å². The average molecular weight is 331 g/mol. The highest BCUT2D eigenvalue weighted by Gasteiger charge is 2.25. The van der Waals surface area contributed by atoms with Gasteiger partial charge in [-0.25, -0.2) is 0 Å². The van der Waals surface area contributed by atoms with Crippen molar-refractivity contribution in [2.24, 2.45) is 0 Å². The first-order valence-electron chi connectivity index (χ1n) is 5.33. The minimum Gasteiger partial charge on any atom is -0.489 e. The minimum absolute atomic E-state index is 0.133. The van der Waals surface area contributed by atoms with E-state index in [1.807, 2.05) is 29.2 Å². The van der Waals surface area contributed by atoms with Crippen molar-refractivity contribution in [1.82, 2.24) is 4.90 Å². The number of halogens is 1. The second kappa shape index (κ2) is 5.03. The van der Waals surface area contributed by atoms with Crippen molar-refractivity contribution >= 4 is 28.5 Å². The van der Waals surface area contributed by atoms with Gasteiger partial charge in [0.15, 0.2) is 0 Å². The van der Waals surface area contributed by atoms with Crippen molar-refractivity contribution < 1.29 is 9.53 Å². The third-order valence-corrected chi connectivity index (χ3v) is 3.43. The van der Waals surface area contributed by atoms with Crippen molar-refractivity contribution in [3.8, 4) is 5.75 Å². The molecular formula is C12H14INO2. The molecule has 86 valence electrons. The Labute approximate surface area is 109 Å². The molecule has 0 saturated carbocycles. The van der Waals surface area contributed by atoms with E-state index >= 15 is 0 Å². The summed E-state index contributed by atoms with van der Waals surface area (Å²) >= 11 is 2.26. The van der Waals surface area contributed by atoms with E-state index in [1.54, 1.807) is 6.92 Å². The third kappa shape index (κ3) is 2.87. The maximum absolute atomic E-state index is 11.2. The van der Waals surface area contributed by atoms with Crippen LogP contribution in [0.2, 0.25) is 0 Å². The number of benzene rings is 1. The molecule has 1 heterocycles. The summed E-state index contributed by atoms with van der Waals surface area (Å²) in [6, 6.07) is 7.98. The molecule has 1 aliphatic heterocycles. The number of carbonyl (C=O) groups excluding carboxylic acids is 1. The molecule has 0 aliphatic carbocycles. The highest BCUT2D eigenvalue weighted by atomic mass is 127. The number of amides is 1. The summed E-state index contributed by atoms with van der Waals surface area (Å²) in [7, 11) is 0. The van der Waals surface area contributed by atoms with Crippen LogP contribution in [0, 0.1) is 3.57 Å². The van der Waals surface area contributed by atoms with Gasteiger partial charge in [0.2, 0.25) is 5.91 Å². The van der Waals surface area contributed by atoms with Crippen molar-refractivity contribution in [3.05, 3.63) is 27.8 Å². The molecule has 1 unspecified atom stereocenters. The Morgan fingerprint density at radius 1 is 1.44 bits per heavy atom. The van der Waals surface area contributed by atoms with Gasteiger partial charge >= 0.3 is 0 Å². The molecule has 1 saturated heterocycles. The van der Waals surface area contributed by atoms with Crippen molar-refractivity contribution in [1.29, 1.82) is 0 Å². The van der Waals surface area contributed by atoms with E-state index in [4.69, 9.17) is 4.74 Å². The Morgan fingerprint density at radius 3 is 2.69 bits per heavy atom. The lowest BCUT2D eigenvalue weighted by atomic mass is 10.3. The normalized spacial score (nSPS) is 19.9. The lowest BCUT2D eigenvalue weighted by molar-refractivity contribution is -0.128. The van der Waals surface area contributed by atoms with E-state index in [2.05, 4.69) is 22.6 Å². The lowest BCUT2D eigenvalue weighted by Crippen LogP contribution is -2.28. The minimum atomic E-state index is 0.133. The maximum Gasteiger partial charge on any atom is 0.219 e. The van der Waals surface area contributed by atoms with Gasteiger partial charge in [0, 0.05) is 23.5 Å². The van der Waals surface area contributed by atoms with E-state index in [9.17, 15) is 4.79 Å². The number of likely N-dealkylation sites (tertiary alicyclic amines) is 1. The van der Waals surface area contributed by atoms with Gasteiger partial charge < -0.3 is 9.64 Å². The van der Waals surface area contributed by atoms with E-state index in [1.165, 1.54) is 3.57 Å². The number of hydrogen-bond acceptors (Lipinski definition) is 2. The zero-order valence-corrected chi connectivity index (χ0v) is 11.3. The molecule has 1 fully saturated rings. The van der Waals surface area contributed by atoms with E-state index < -0.39 is 0 Å². The molecule has 16 heavy (non-hydrogen) atoms.